The van der Waals surface area contributed by atoms with Gasteiger partial charge in [-0.3, -0.25) is 0 Å². The van der Waals surface area contributed by atoms with Crippen molar-refractivity contribution < 1.29 is 9.53 Å². The number of ether oxygens (including phenoxy) is 1. The van der Waals surface area contributed by atoms with E-state index in [0.717, 1.165) is 24.3 Å². The van der Waals surface area contributed by atoms with E-state index in [1.807, 2.05) is 26.2 Å². The maximum Gasteiger partial charge on any atom is 0.317 e. The van der Waals surface area contributed by atoms with Crippen LogP contribution in [0, 0.1) is 6.92 Å². The van der Waals surface area contributed by atoms with Crippen LogP contribution in [-0.2, 0) is 5.41 Å². The average Bonchev–Trinajstić information content (AvgIpc) is 2.44. The van der Waals surface area contributed by atoms with E-state index in [9.17, 15) is 4.79 Å². The van der Waals surface area contributed by atoms with Gasteiger partial charge in [-0.2, -0.15) is 0 Å². The zero-order valence-electron chi connectivity index (χ0n) is 15.3. The van der Waals surface area contributed by atoms with E-state index >= 15 is 0 Å². The minimum atomic E-state index is -0.201. The molecular formula is C18H31N3O2. The van der Waals surface area contributed by atoms with Crippen molar-refractivity contribution in [2.24, 2.45) is 0 Å². The van der Waals surface area contributed by atoms with Crippen molar-refractivity contribution >= 4 is 6.03 Å². The van der Waals surface area contributed by atoms with Crippen molar-refractivity contribution in [3.63, 3.8) is 0 Å². The van der Waals surface area contributed by atoms with E-state index in [4.69, 9.17) is 4.74 Å². The molecule has 0 fully saturated rings. The zero-order chi connectivity index (χ0) is 17.5. The predicted octanol–water partition coefficient (Wildman–Crippen LogP) is 2.88. The summed E-state index contributed by atoms with van der Waals surface area (Å²) in [5, 5.41) is 5.55. The SMILES string of the molecule is Cc1ccc(OCNC(=O)NCCCN(C)C)c(C(C)(C)C)c1. The molecule has 1 aromatic carbocycles. The Labute approximate surface area is 140 Å². The van der Waals surface area contributed by atoms with Crippen LogP contribution in [0.3, 0.4) is 0 Å². The number of rotatable bonds is 7. The van der Waals surface area contributed by atoms with Gasteiger partial charge >= 0.3 is 6.03 Å². The lowest BCUT2D eigenvalue weighted by Gasteiger charge is -2.23. The Hall–Kier alpha value is -1.75. The monoisotopic (exact) mass is 321 g/mol. The van der Waals surface area contributed by atoms with E-state index in [1.165, 1.54) is 5.56 Å². The molecule has 2 N–H and O–H groups in total. The van der Waals surface area contributed by atoms with Gasteiger partial charge in [0.1, 0.15) is 5.75 Å². The highest BCUT2D eigenvalue weighted by Crippen LogP contribution is 2.31. The third-order valence-corrected chi connectivity index (χ3v) is 3.47. The van der Waals surface area contributed by atoms with Gasteiger partial charge in [0, 0.05) is 6.54 Å². The maximum atomic E-state index is 11.7. The van der Waals surface area contributed by atoms with Crippen LogP contribution in [0.25, 0.3) is 0 Å². The molecule has 0 saturated carbocycles. The first-order chi connectivity index (χ1) is 10.7. The standard InChI is InChI=1S/C18H31N3O2/c1-14-8-9-16(15(12-14)18(2,3)4)23-13-20-17(22)19-10-7-11-21(5)6/h8-9,12H,7,10-11,13H2,1-6H3,(H2,19,20,22). The van der Waals surface area contributed by atoms with Gasteiger partial charge in [-0.05, 0) is 51.0 Å². The largest absolute Gasteiger partial charge is 0.473 e. The van der Waals surface area contributed by atoms with Crippen LogP contribution < -0.4 is 15.4 Å². The second-order valence-corrected chi connectivity index (χ2v) is 7.13. The van der Waals surface area contributed by atoms with Crippen LogP contribution in [0.15, 0.2) is 18.2 Å². The van der Waals surface area contributed by atoms with Crippen molar-refractivity contribution in [3.8, 4) is 5.75 Å². The van der Waals surface area contributed by atoms with Gasteiger partial charge in [0.15, 0.2) is 6.73 Å². The Kier molecular flexibility index (Phi) is 7.36. The number of hydrogen-bond donors (Lipinski definition) is 2. The number of aryl methyl sites for hydroxylation is 1. The predicted molar refractivity (Wildman–Crippen MR) is 95.1 cm³/mol. The molecule has 0 aliphatic heterocycles. The van der Waals surface area contributed by atoms with Gasteiger partial charge in [-0.15, -0.1) is 0 Å². The molecule has 0 aliphatic carbocycles. The number of nitrogens with one attached hydrogen (secondary N) is 2. The molecule has 0 bridgehead atoms. The molecule has 0 saturated heterocycles. The molecule has 0 aliphatic rings. The van der Waals surface area contributed by atoms with Crippen LogP contribution in [0.1, 0.15) is 38.3 Å². The molecule has 130 valence electrons. The first-order valence-electron chi connectivity index (χ1n) is 8.10. The molecule has 5 heteroatoms. The molecule has 0 spiro atoms. The van der Waals surface area contributed by atoms with Crippen LogP contribution in [0.5, 0.6) is 5.75 Å². The lowest BCUT2D eigenvalue weighted by molar-refractivity contribution is 0.222. The Morgan fingerprint density at radius 2 is 1.91 bits per heavy atom. The summed E-state index contributed by atoms with van der Waals surface area (Å²) in [4.78, 5) is 13.8. The molecule has 0 aromatic heterocycles. The van der Waals surface area contributed by atoms with Gasteiger partial charge < -0.3 is 20.3 Å². The van der Waals surface area contributed by atoms with Crippen LogP contribution in [0.2, 0.25) is 0 Å². The fourth-order valence-electron chi connectivity index (χ4n) is 2.19. The van der Waals surface area contributed by atoms with E-state index in [0.29, 0.717) is 6.54 Å². The number of urea groups is 1. The topological polar surface area (TPSA) is 53.6 Å². The van der Waals surface area contributed by atoms with E-state index in [-0.39, 0.29) is 18.2 Å². The second-order valence-electron chi connectivity index (χ2n) is 7.13. The summed E-state index contributed by atoms with van der Waals surface area (Å²) in [5.41, 5.74) is 2.34. The minimum absolute atomic E-state index is 0.00418. The summed E-state index contributed by atoms with van der Waals surface area (Å²) in [6.45, 7) is 10.3. The Balaban J connectivity index is 2.43. The van der Waals surface area contributed by atoms with E-state index in [2.05, 4.69) is 49.3 Å². The molecule has 0 unspecified atom stereocenters. The fourth-order valence-corrected chi connectivity index (χ4v) is 2.19. The Morgan fingerprint density at radius 3 is 2.52 bits per heavy atom. The summed E-state index contributed by atoms with van der Waals surface area (Å²) in [7, 11) is 4.03. The highest BCUT2D eigenvalue weighted by atomic mass is 16.5. The molecule has 0 radical (unpaired) electrons. The highest BCUT2D eigenvalue weighted by molar-refractivity contribution is 5.73. The van der Waals surface area contributed by atoms with Crippen LogP contribution in [0.4, 0.5) is 4.79 Å². The third kappa shape index (κ3) is 7.37. The normalized spacial score (nSPS) is 11.4. The van der Waals surface area contributed by atoms with Gasteiger partial charge in [0.2, 0.25) is 0 Å². The minimum Gasteiger partial charge on any atom is -0.473 e. The quantitative estimate of drug-likeness (QED) is 0.600. The molecule has 0 heterocycles. The average molecular weight is 321 g/mol. The number of nitrogens with zero attached hydrogens (tertiary/aromatic N) is 1. The molecular weight excluding hydrogens is 290 g/mol. The highest BCUT2D eigenvalue weighted by Gasteiger charge is 2.19. The van der Waals surface area contributed by atoms with E-state index in [1.54, 1.807) is 0 Å². The van der Waals surface area contributed by atoms with Gasteiger partial charge in [0.05, 0.1) is 0 Å². The van der Waals surface area contributed by atoms with Crippen LogP contribution >= 0.6 is 0 Å². The first kappa shape index (κ1) is 19.3. The van der Waals surface area contributed by atoms with Crippen molar-refractivity contribution in [3.05, 3.63) is 29.3 Å². The number of benzene rings is 1. The second kappa shape index (κ2) is 8.77. The zero-order valence-corrected chi connectivity index (χ0v) is 15.3. The number of carbonyl (C=O) groups is 1. The number of carbonyl (C=O) groups excluding carboxylic acids is 1. The van der Waals surface area contributed by atoms with Crippen molar-refractivity contribution in [1.29, 1.82) is 0 Å². The van der Waals surface area contributed by atoms with Gasteiger partial charge in [0.25, 0.3) is 0 Å². The van der Waals surface area contributed by atoms with Crippen molar-refractivity contribution in [2.45, 2.75) is 39.5 Å². The first-order valence-corrected chi connectivity index (χ1v) is 8.10. The van der Waals surface area contributed by atoms with Gasteiger partial charge in [-0.1, -0.05) is 38.5 Å². The molecule has 23 heavy (non-hydrogen) atoms. The molecule has 1 rings (SSSR count). The van der Waals surface area contributed by atoms with E-state index < -0.39 is 0 Å². The summed E-state index contributed by atoms with van der Waals surface area (Å²) in [5.74, 6) is 0.816. The van der Waals surface area contributed by atoms with Gasteiger partial charge in [-0.25, -0.2) is 4.79 Å². The van der Waals surface area contributed by atoms with Crippen molar-refractivity contribution in [1.82, 2.24) is 15.5 Å². The summed E-state index contributed by atoms with van der Waals surface area (Å²) in [6.07, 6.45) is 0.924. The lowest BCUT2D eigenvalue weighted by Crippen LogP contribution is -2.38. The Morgan fingerprint density at radius 1 is 1.22 bits per heavy atom. The summed E-state index contributed by atoms with van der Waals surface area (Å²) >= 11 is 0. The lowest BCUT2D eigenvalue weighted by atomic mass is 9.85. The maximum absolute atomic E-state index is 11.7. The Bertz CT molecular complexity index is 507. The smallest absolute Gasteiger partial charge is 0.317 e. The van der Waals surface area contributed by atoms with Crippen molar-refractivity contribution in [2.75, 3.05) is 33.9 Å². The number of amides is 2. The molecule has 2 amide bonds. The summed E-state index contributed by atoms with van der Waals surface area (Å²) < 4.78 is 5.75. The van der Waals surface area contributed by atoms with Crippen LogP contribution in [-0.4, -0.2) is 44.8 Å². The third-order valence-electron chi connectivity index (χ3n) is 3.47. The molecule has 0 atom stereocenters. The fraction of sp³-hybridized carbons (Fsp3) is 0.611. The molecule has 1 aromatic rings. The molecule has 5 nitrogen and oxygen atoms in total. The summed E-state index contributed by atoms with van der Waals surface area (Å²) in [6, 6.07) is 5.92. The number of hydrogen-bond acceptors (Lipinski definition) is 3.